The maximum Gasteiger partial charge on any atom is 0.244 e. The Kier molecular flexibility index (Phi) is 6.71. The minimum atomic E-state index is -0.379. The maximum absolute atomic E-state index is 13.6. The van der Waals surface area contributed by atoms with E-state index in [1.807, 2.05) is 54.3 Å². The number of nitrogens with one attached hydrogen (secondary N) is 1. The summed E-state index contributed by atoms with van der Waals surface area (Å²) in [6, 6.07) is 17.7. The van der Waals surface area contributed by atoms with Gasteiger partial charge in [-0.25, -0.2) is 0 Å². The van der Waals surface area contributed by atoms with E-state index in [9.17, 15) is 9.59 Å². The highest BCUT2D eigenvalue weighted by Gasteiger charge is 2.37. The van der Waals surface area contributed by atoms with Crippen molar-refractivity contribution in [3.05, 3.63) is 71.3 Å². The zero-order valence-corrected chi connectivity index (χ0v) is 18.6. The molecule has 2 atom stereocenters. The van der Waals surface area contributed by atoms with E-state index in [0.29, 0.717) is 12.5 Å². The summed E-state index contributed by atoms with van der Waals surface area (Å²) >= 11 is 0. The molecule has 4 rings (SSSR count). The first-order valence-electron chi connectivity index (χ1n) is 11.5. The van der Waals surface area contributed by atoms with Crippen LogP contribution in [0.15, 0.2) is 54.6 Å². The summed E-state index contributed by atoms with van der Waals surface area (Å²) in [4.78, 5) is 30.6. The Balaban J connectivity index is 1.50. The van der Waals surface area contributed by atoms with Gasteiger partial charge in [-0.15, -0.1) is 0 Å². The number of amides is 2. The monoisotopic (exact) mass is 419 g/mol. The second kappa shape index (κ2) is 9.65. The fourth-order valence-corrected chi connectivity index (χ4v) is 4.78. The molecule has 0 aromatic heterocycles. The van der Waals surface area contributed by atoms with Gasteiger partial charge in [-0.1, -0.05) is 61.5 Å². The number of rotatable bonds is 5. The van der Waals surface area contributed by atoms with Crippen molar-refractivity contribution >= 4 is 11.8 Å². The molecule has 2 heterocycles. The number of carbonyl (C=O) groups is 2. The van der Waals surface area contributed by atoms with E-state index in [0.717, 1.165) is 43.5 Å². The van der Waals surface area contributed by atoms with Crippen LogP contribution in [0.5, 0.6) is 0 Å². The van der Waals surface area contributed by atoms with Gasteiger partial charge in [0.2, 0.25) is 11.8 Å². The van der Waals surface area contributed by atoms with Gasteiger partial charge in [0, 0.05) is 19.6 Å². The SMILES string of the molecule is CC1CCN(C(=O)[C@H]2c3ccccc3CCN2CC(=O)N[C@H](C)c2ccccc2)CC1. The summed E-state index contributed by atoms with van der Waals surface area (Å²) in [5.74, 6) is 0.771. The first-order valence-corrected chi connectivity index (χ1v) is 11.5. The van der Waals surface area contributed by atoms with Gasteiger partial charge in [-0.05, 0) is 48.8 Å². The highest BCUT2D eigenvalue weighted by Crippen LogP contribution is 2.32. The molecule has 0 bridgehead atoms. The Morgan fingerprint density at radius 1 is 1.00 bits per heavy atom. The topological polar surface area (TPSA) is 52.7 Å². The minimum absolute atomic E-state index is 0.0409. The lowest BCUT2D eigenvalue weighted by molar-refractivity contribution is -0.140. The molecule has 0 aliphatic carbocycles. The van der Waals surface area contributed by atoms with E-state index >= 15 is 0 Å². The number of nitrogens with zero attached hydrogens (tertiary/aromatic N) is 2. The van der Waals surface area contributed by atoms with Gasteiger partial charge in [0.1, 0.15) is 6.04 Å². The van der Waals surface area contributed by atoms with E-state index in [1.165, 1.54) is 5.56 Å². The summed E-state index contributed by atoms with van der Waals surface area (Å²) in [6.45, 7) is 6.81. The van der Waals surface area contributed by atoms with Crippen LogP contribution in [0.2, 0.25) is 0 Å². The Bertz CT molecular complexity index is 906. The molecular formula is C26H33N3O2. The van der Waals surface area contributed by atoms with Gasteiger partial charge in [0.25, 0.3) is 0 Å². The summed E-state index contributed by atoms with van der Waals surface area (Å²) in [6.07, 6.45) is 2.96. The lowest BCUT2D eigenvalue weighted by Gasteiger charge is -2.40. The van der Waals surface area contributed by atoms with Crippen LogP contribution < -0.4 is 5.32 Å². The average Bonchev–Trinajstić information content (AvgIpc) is 2.79. The van der Waals surface area contributed by atoms with E-state index in [2.05, 4.69) is 29.3 Å². The number of fused-ring (bicyclic) bond motifs is 1. The molecule has 1 saturated heterocycles. The molecular weight excluding hydrogens is 386 g/mol. The molecule has 164 valence electrons. The van der Waals surface area contributed by atoms with Crippen molar-refractivity contribution in [1.82, 2.24) is 15.1 Å². The smallest absolute Gasteiger partial charge is 0.244 e. The van der Waals surface area contributed by atoms with Crippen LogP contribution in [0.25, 0.3) is 0 Å². The second-order valence-corrected chi connectivity index (χ2v) is 9.03. The summed E-state index contributed by atoms with van der Waals surface area (Å²) in [7, 11) is 0. The lowest BCUT2D eigenvalue weighted by Crippen LogP contribution is -2.50. The van der Waals surface area contributed by atoms with Crippen LogP contribution >= 0.6 is 0 Å². The van der Waals surface area contributed by atoms with Gasteiger partial charge in [0.15, 0.2) is 0 Å². The molecule has 2 aromatic rings. The second-order valence-electron chi connectivity index (χ2n) is 9.03. The molecule has 2 amide bonds. The molecule has 2 aliphatic heterocycles. The highest BCUT2D eigenvalue weighted by molar-refractivity contribution is 5.86. The molecule has 0 spiro atoms. The van der Waals surface area contributed by atoms with E-state index in [4.69, 9.17) is 0 Å². The van der Waals surface area contributed by atoms with Crippen LogP contribution in [0, 0.1) is 5.92 Å². The van der Waals surface area contributed by atoms with Crippen molar-refractivity contribution in [2.24, 2.45) is 5.92 Å². The normalized spacial score (nSPS) is 20.7. The van der Waals surface area contributed by atoms with Crippen LogP contribution in [-0.4, -0.2) is 47.8 Å². The highest BCUT2D eigenvalue weighted by atomic mass is 16.2. The molecule has 1 N–H and O–H groups in total. The molecule has 5 nitrogen and oxygen atoms in total. The molecule has 2 aliphatic rings. The minimum Gasteiger partial charge on any atom is -0.348 e. The van der Waals surface area contributed by atoms with Gasteiger partial charge in [0.05, 0.1) is 12.6 Å². The number of hydrogen-bond acceptors (Lipinski definition) is 3. The molecule has 0 unspecified atom stereocenters. The zero-order chi connectivity index (χ0) is 21.8. The van der Waals surface area contributed by atoms with E-state index < -0.39 is 0 Å². The van der Waals surface area contributed by atoms with Crippen molar-refractivity contribution in [1.29, 1.82) is 0 Å². The predicted molar refractivity (Wildman–Crippen MR) is 122 cm³/mol. The number of piperidine rings is 1. The molecule has 31 heavy (non-hydrogen) atoms. The number of likely N-dealkylation sites (tertiary alicyclic amines) is 1. The summed E-state index contributed by atoms with van der Waals surface area (Å²) in [5.41, 5.74) is 3.36. The van der Waals surface area contributed by atoms with Gasteiger partial charge in [-0.2, -0.15) is 0 Å². The molecule has 1 fully saturated rings. The van der Waals surface area contributed by atoms with Crippen molar-refractivity contribution in [3.63, 3.8) is 0 Å². The Labute approximate surface area is 185 Å². The Hall–Kier alpha value is -2.66. The van der Waals surface area contributed by atoms with Gasteiger partial charge in [-0.3, -0.25) is 14.5 Å². The summed E-state index contributed by atoms with van der Waals surface area (Å²) in [5, 5.41) is 3.11. The Morgan fingerprint density at radius 3 is 2.42 bits per heavy atom. The van der Waals surface area contributed by atoms with E-state index in [-0.39, 0.29) is 30.4 Å². The molecule has 5 heteroatoms. The predicted octanol–water partition coefficient (Wildman–Crippen LogP) is 3.72. The summed E-state index contributed by atoms with van der Waals surface area (Å²) < 4.78 is 0. The lowest BCUT2D eigenvalue weighted by atomic mass is 9.90. The number of benzene rings is 2. The van der Waals surface area contributed by atoms with Crippen molar-refractivity contribution in [3.8, 4) is 0 Å². The van der Waals surface area contributed by atoms with Crippen LogP contribution in [0.3, 0.4) is 0 Å². The first kappa shape index (κ1) is 21.6. The van der Waals surface area contributed by atoms with Crippen LogP contribution in [-0.2, 0) is 16.0 Å². The number of carbonyl (C=O) groups excluding carboxylic acids is 2. The quantitative estimate of drug-likeness (QED) is 0.804. The third-order valence-corrected chi connectivity index (χ3v) is 6.74. The Morgan fingerprint density at radius 2 is 1.68 bits per heavy atom. The number of hydrogen-bond donors (Lipinski definition) is 1. The zero-order valence-electron chi connectivity index (χ0n) is 18.6. The standard InChI is InChI=1S/C26H33N3O2/c1-19-12-15-28(16-13-19)26(31)25-23-11-7-6-10-22(23)14-17-29(25)18-24(30)27-20(2)21-8-4-3-5-9-21/h3-11,19-20,25H,12-18H2,1-2H3,(H,27,30)/t20-,25-/m1/s1. The first-order chi connectivity index (χ1) is 15.0. The van der Waals surface area contributed by atoms with Gasteiger partial charge >= 0.3 is 0 Å². The largest absolute Gasteiger partial charge is 0.348 e. The van der Waals surface area contributed by atoms with Crippen LogP contribution in [0.1, 0.15) is 55.5 Å². The maximum atomic E-state index is 13.6. The van der Waals surface area contributed by atoms with Crippen molar-refractivity contribution < 1.29 is 9.59 Å². The molecule has 0 saturated carbocycles. The third kappa shape index (κ3) is 4.99. The third-order valence-electron chi connectivity index (χ3n) is 6.74. The molecule has 0 radical (unpaired) electrons. The average molecular weight is 420 g/mol. The van der Waals surface area contributed by atoms with Crippen LogP contribution in [0.4, 0.5) is 0 Å². The fraction of sp³-hybridized carbons (Fsp3) is 0.462. The van der Waals surface area contributed by atoms with Gasteiger partial charge < -0.3 is 10.2 Å². The van der Waals surface area contributed by atoms with Crippen molar-refractivity contribution in [2.75, 3.05) is 26.2 Å². The molecule has 2 aromatic carbocycles. The van der Waals surface area contributed by atoms with E-state index in [1.54, 1.807) is 0 Å². The fourth-order valence-electron chi connectivity index (χ4n) is 4.78. The van der Waals surface area contributed by atoms with Crippen molar-refractivity contribution in [2.45, 2.75) is 45.2 Å².